The summed E-state index contributed by atoms with van der Waals surface area (Å²) in [7, 11) is 0. The molecule has 0 saturated heterocycles. The molecule has 3 rings (SSSR count). The van der Waals surface area contributed by atoms with Gasteiger partial charge in [-0.25, -0.2) is 0 Å². The largest absolute Gasteiger partial charge is 0.487 e. The highest BCUT2D eigenvalue weighted by Crippen LogP contribution is 2.47. The molecule has 1 aromatic rings. The predicted octanol–water partition coefficient (Wildman–Crippen LogP) is 4.72. The van der Waals surface area contributed by atoms with Gasteiger partial charge in [-0.3, -0.25) is 0 Å². The van der Waals surface area contributed by atoms with E-state index in [9.17, 15) is 0 Å². The fraction of sp³-hybridized carbons (Fsp3) is 0.647. The van der Waals surface area contributed by atoms with Crippen molar-refractivity contribution in [3.05, 3.63) is 28.8 Å². The lowest BCUT2D eigenvalue weighted by Gasteiger charge is -2.40. The topological polar surface area (TPSA) is 21.3 Å². The lowest BCUT2D eigenvalue weighted by atomic mass is 9.85. The summed E-state index contributed by atoms with van der Waals surface area (Å²) in [4.78, 5) is 0. The first kappa shape index (κ1) is 14.2. The van der Waals surface area contributed by atoms with E-state index in [2.05, 4.69) is 25.2 Å². The van der Waals surface area contributed by atoms with Gasteiger partial charge < -0.3 is 10.1 Å². The van der Waals surface area contributed by atoms with E-state index in [-0.39, 0.29) is 5.60 Å². The summed E-state index contributed by atoms with van der Waals surface area (Å²) in [5, 5.41) is 4.51. The van der Waals surface area contributed by atoms with Crippen LogP contribution < -0.4 is 10.1 Å². The number of ether oxygens (including phenoxy) is 1. The normalized spacial score (nSPS) is 23.9. The summed E-state index contributed by atoms with van der Waals surface area (Å²) in [6.45, 7) is 5.53. The van der Waals surface area contributed by atoms with Crippen molar-refractivity contribution >= 4 is 11.6 Å². The van der Waals surface area contributed by atoms with Crippen molar-refractivity contribution in [3.8, 4) is 5.75 Å². The van der Waals surface area contributed by atoms with Crippen LogP contribution in [0.3, 0.4) is 0 Å². The molecule has 110 valence electrons. The maximum Gasteiger partial charge on any atom is 0.125 e. The summed E-state index contributed by atoms with van der Waals surface area (Å²) < 4.78 is 6.37. The van der Waals surface area contributed by atoms with Gasteiger partial charge in [-0.2, -0.15) is 0 Å². The summed E-state index contributed by atoms with van der Waals surface area (Å²) >= 11 is 6.17. The summed E-state index contributed by atoms with van der Waals surface area (Å²) in [5.74, 6) is 1.68. The zero-order valence-corrected chi connectivity index (χ0v) is 13.2. The Labute approximate surface area is 126 Å². The molecule has 0 amide bonds. The monoisotopic (exact) mass is 293 g/mol. The minimum atomic E-state index is 0.0650. The Morgan fingerprint density at radius 3 is 2.80 bits per heavy atom. The molecule has 2 aliphatic rings. The second-order valence-corrected chi connectivity index (χ2v) is 7.17. The number of hydrogen-bond donors (Lipinski definition) is 1. The molecule has 1 atom stereocenters. The van der Waals surface area contributed by atoms with Crippen molar-refractivity contribution in [2.45, 2.75) is 57.6 Å². The molecule has 3 heteroatoms. The SMILES string of the molecule is CC(C)CNC1CC2(CCCC2)Oc2ccc(Cl)cc21. The highest BCUT2D eigenvalue weighted by molar-refractivity contribution is 6.30. The highest BCUT2D eigenvalue weighted by Gasteiger charge is 2.42. The highest BCUT2D eigenvalue weighted by atomic mass is 35.5. The summed E-state index contributed by atoms with van der Waals surface area (Å²) in [6.07, 6.45) is 6.04. The van der Waals surface area contributed by atoms with Crippen molar-refractivity contribution in [1.82, 2.24) is 5.32 Å². The third kappa shape index (κ3) is 2.82. The number of nitrogens with one attached hydrogen (secondary N) is 1. The zero-order valence-electron chi connectivity index (χ0n) is 12.4. The second kappa shape index (κ2) is 5.57. The van der Waals surface area contributed by atoms with Crippen molar-refractivity contribution in [2.75, 3.05) is 6.54 Å². The molecule has 1 N–H and O–H groups in total. The second-order valence-electron chi connectivity index (χ2n) is 6.73. The van der Waals surface area contributed by atoms with Gasteiger partial charge in [0.15, 0.2) is 0 Å². The van der Waals surface area contributed by atoms with Crippen molar-refractivity contribution in [1.29, 1.82) is 0 Å². The van der Waals surface area contributed by atoms with E-state index in [1.165, 1.54) is 31.2 Å². The molecular formula is C17H24ClNO. The van der Waals surface area contributed by atoms with Gasteiger partial charge in [0.1, 0.15) is 11.4 Å². The first-order valence-electron chi connectivity index (χ1n) is 7.80. The molecule has 1 saturated carbocycles. The molecule has 1 aliphatic heterocycles. The van der Waals surface area contributed by atoms with Crippen LogP contribution in [0.4, 0.5) is 0 Å². The Kier molecular flexibility index (Phi) is 3.96. The van der Waals surface area contributed by atoms with Crippen LogP contribution in [-0.2, 0) is 0 Å². The van der Waals surface area contributed by atoms with Crippen LogP contribution in [0.25, 0.3) is 0 Å². The van der Waals surface area contributed by atoms with Gasteiger partial charge in [0.05, 0.1) is 0 Å². The quantitative estimate of drug-likeness (QED) is 0.870. The van der Waals surface area contributed by atoms with E-state index >= 15 is 0 Å². The smallest absolute Gasteiger partial charge is 0.125 e. The van der Waals surface area contributed by atoms with Crippen LogP contribution in [0, 0.1) is 5.92 Å². The number of fused-ring (bicyclic) bond motifs is 1. The van der Waals surface area contributed by atoms with Crippen LogP contribution >= 0.6 is 11.6 Å². The van der Waals surface area contributed by atoms with Gasteiger partial charge in [-0.15, -0.1) is 0 Å². The van der Waals surface area contributed by atoms with Gasteiger partial charge in [0.2, 0.25) is 0 Å². The van der Waals surface area contributed by atoms with Crippen LogP contribution in [0.15, 0.2) is 18.2 Å². The zero-order chi connectivity index (χ0) is 14.2. The molecule has 1 heterocycles. The lowest BCUT2D eigenvalue weighted by molar-refractivity contribution is 0.0363. The molecule has 0 bridgehead atoms. The van der Waals surface area contributed by atoms with Crippen LogP contribution in [0.1, 0.15) is 57.6 Å². The molecular weight excluding hydrogens is 270 g/mol. The van der Waals surface area contributed by atoms with E-state index in [0.717, 1.165) is 23.7 Å². The maximum absolute atomic E-state index is 6.37. The predicted molar refractivity (Wildman–Crippen MR) is 83.5 cm³/mol. The van der Waals surface area contributed by atoms with Crippen molar-refractivity contribution in [3.63, 3.8) is 0 Å². The molecule has 1 unspecified atom stereocenters. The molecule has 1 spiro atoms. The molecule has 20 heavy (non-hydrogen) atoms. The first-order valence-corrected chi connectivity index (χ1v) is 8.18. The van der Waals surface area contributed by atoms with E-state index in [0.29, 0.717) is 12.0 Å². The van der Waals surface area contributed by atoms with Crippen LogP contribution in [0.5, 0.6) is 5.75 Å². The molecule has 1 aromatic carbocycles. The standard InChI is InChI=1S/C17H24ClNO/c1-12(2)11-19-15-10-17(7-3-4-8-17)20-16-6-5-13(18)9-14(15)16/h5-6,9,12,15,19H,3-4,7-8,10-11H2,1-2H3. The Balaban J connectivity index is 1.88. The van der Waals surface area contributed by atoms with E-state index in [1.807, 2.05) is 12.1 Å². The average Bonchev–Trinajstić information content (AvgIpc) is 2.85. The first-order chi connectivity index (χ1) is 9.58. The maximum atomic E-state index is 6.37. The van der Waals surface area contributed by atoms with Crippen LogP contribution in [-0.4, -0.2) is 12.1 Å². The molecule has 1 fully saturated rings. The Bertz CT molecular complexity index is 480. The Morgan fingerprint density at radius 2 is 2.10 bits per heavy atom. The third-order valence-corrected chi connectivity index (χ3v) is 4.77. The average molecular weight is 294 g/mol. The fourth-order valence-electron chi connectivity index (χ4n) is 3.53. The van der Waals surface area contributed by atoms with Gasteiger partial charge >= 0.3 is 0 Å². The summed E-state index contributed by atoms with van der Waals surface area (Å²) in [6, 6.07) is 6.42. The minimum absolute atomic E-state index is 0.0650. The number of benzene rings is 1. The van der Waals surface area contributed by atoms with Crippen molar-refractivity contribution in [2.24, 2.45) is 5.92 Å². The number of hydrogen-bond acceptors (Lipinski definition) is 2. The van der Waals surface area contributed by atoms with Crippen molar-refractivity contribution < 1.29 is 4.74 Å². The lowest BCUT2D eigenvalue weighted by Crippen LogP contribution is -2.42. The fourth-order valence-corrected chi connectivity index (χ4v) is 3.71. The molecule has 1 aliphatic carbocycles. The van der Waals surface area contributed by atoms with Gasteiger partial charge in [0, 0.05) is 23.0 Å². The third-order valence-electron chi connectivity index (χ3n) is 4.54. The Hall–Kier alpha value is -0.730. The molecule has 2 nitrogen and oxygen atoms in total. The van der Waals surface area contributed by atoms with Gasteiger partial charge in [-0.05, 0) is 56.3 Å². The summed E-state index contributed by atoms with van der Waals surface area (Å²) in [5.41, 5.74) is 1.30. The van der Waals surface area contributed by atoms with Crippen LogP contribution in [0.2, 0.25) is 5.02 Å². The van der Waals surface area contributed by atoms with Gasteiger partial charge in [-0.1, -0.05) is 25.4 Å². The molecule has 0 radical (unpaired) electrons. The minimum Gasteiger partial charge on any atom is -0.487 e. The van der Waals surface area contributed by atoms with Gasteiger partial charge in [0.25, 0.3) is 0 Å². The molecule has 0 aromatic heterocycles. The number of rotatable bonds is 3. The van der Waals surface area contributed by atoms with E-state index in [1.54, 1.807) is 0 Å². The van der Waals surface area contributed by atoms with E-state index < -0.39 is 0 Å². The Morgan fingerprint density at radius 1 is 1.35 bits per heavy atom. The van der Waals surface area contributed by atoms with E-state index in [4.69, 9.17) is 16.3 Å². The number of halogens is 1.